The summed E-state index contributed by atoms with van der Waals surface area (Å²) in [4.78, 5) is 2.37. The lowest BCUT2D eigenvalue weighted by atomic mass is 10.1. The van der Waals surface area contributed by atoms with Crippen LogP contribution in [0.2, 0.25) is 0 Å². The molecular weight excluding hydrogens is 226 g/mol. The zero-order chi connectivity index (χ0) is 13.0. The Morgan fingerprint density at radius 2 is 2.11 bits per heavy atom. The summed E-state index contributed by atoms with van der Waals surface area (Å²) < 4.78 is 5.71. The monoisotopic (exact) mass is 249 g/mol. The van der Waals surface area contributed by atoms with E-state index in [0.29, 0.717) is 6.10 Å². The van der Waals surface area contributed by atoms with Crippen LogP contribution in [0.15, 0.2) is 24.3 Å². The maximum absolute atomic E-state index is 9.50. The van der Waals surface area contributed by atoms with E-state index < -0.39 is 6.10 Å². The standard InChI is InChI=1S/C15H23NO2/c1-3-18-15-5-4-10-16(11-15)14-8-6-13(7-9-14)12(2)17/h6-9,12,15,17H,3-5,10-11H2,1-2H3/t12-,15?/m1/s1. The fraction of sp³-hybridized carbons (Fsp3) is 0.600. The smallest absolute Gasteiger partial charge is 0.0761 e. The summed E-state index contributed by atoms with van der Waals surface area (Å²) in [7, 11) is 0. The zero-order valence-electron chi connectivity index (χ0n) is 11.3. The number of ether oxygens (including phenoxy) is 1. The van der Waals surface area contributed by atoms with Gasteiger partial charge in [0.25, 0.3) is 0 Å². The van der Waals surface area contributed by atoms with Crippen LogP contribution in [0.1, 0.15) is 38.4 Å². The number of benzene rings is 1. The van der Waals surface area contributed by atoms with Crippen LogP contribution in [0, 0.1) is 0 Å². The molecule has 100 valence electrons. The third-order valence-electron chi connectivity index (χ3n) is 3.52. The van der Waals surface area contributed by atoms with Crippen LogP contribution >= 0.6 is 0 Å². The topological polar surface area (TPSA) is 32.7 Å². The average Bonchev–Trinajstić information content (AvgIpc) is 2.39. The Kier molecular flexibility index (Phi) is 4.61. The Balaban J connectivity index is 2.02. The number of nitrogens with zero attached hydrogens (tertiary/aromatic N) is 1. The third-order valence-corrected chi connectivity index (χ3v) is 3.52. The molecular formula is C15H23NO2. The fourth-order valence-corrected chi connectivity index (χ4v) is 2.51. The molecule has 1 aromatic carbocycles. The first-order valence-corrected chi connectivity index (χ1v) is 6.85. The molecule has 18 heavy (non-hydrogen) atoms. The van der Waals surface area contributed by atoms with Crippen molar-refractivity contribution in [2.75, 3.05) is 24.6 Å². The Bertz CT molecular complexity index is 359. The predicted octanol–water partition coefficient (Wildman–Crippen LogP) is 2.75. The van der Waals surface area contributed by atoms with Gasteiger partial charge in [-0.2, -0.15) is 0 Å². The Hall–Kier alpha value is -1.06. The molecule has 1 aliphatic heterocycles. The van der Waals surface area contributed by atoms with Crippen LogP contribution in [0.25, 0.3) is 0 Å². The highest BCUT2D eigenvalue weighted by molar-refractivity contribution is 5.48. The molecule has 0 spiro atoms. The van der Waals surface area contributed by atoms with E-state index in [1.165, 1.54) is 12.1 Å². The average molecular weight is 249 g/mol. The Morgan fingerprint density at radius 1 is 1.39 bits per heavy atom. The summed E-state index contributed by atoms with van der Waals surface area (Å²) in [6.45, 7) is 6.70. The maximum atomic E-state index is 9.50. The van der Waals surface area contributed by atoms with E-state index in [9.17, 15) is 5.11 Å². The van der Waals surface area contributed by atoms with Gasteiger partial charge in [0.15, 0.2) is 0 Å². The Morgan fingerprint density at radius 3 is 2.72 bits per heavy atom. The second-order valence-electron chi connectivity index (χ2n) is 4.93. The lowest BCUT2D eigenvalue weighted by molar-refractivity contribution is 0.0526. The molecule has 0 amide bonds. The second kappa shape index (κ2) is 6.21. The summed E-state index contributed by atoms with van der Waals surface area (Å²) in [6.07, 6.45) is 2.32. The minimum Gasteiger partial charge on any atom is -0.389 e. The number of aliphatic hydroxyl groups is 1. The minimum absolute atomic E-state index is 0.361. The van der Waals surface area contributed by atoms with Crippen LogP contribution in [0.3, 0.4) is 0 Å². The minimum atomic E-state index is -0.392. The summed E-state index contributed by atoms with van der Waals surface area (Å²) in [6, 6.07) is 8.20. The first-order chi connectivity index (χ1) is 8.70. The maximum Gasteiger partial charge on any atom is 0.0761 e. The molecule has 2 atom stereocenters. The molecule has 1 unspecified atom stereocenters. The molecule has 1 fully saturated rings. The number of rotatable bonds is 4. The number of hydrogen-bond acceptors (Lipinski definition) is 3. The Labute approximate surface area is 109 Å². The number of piperidine rings is 1. The fourth-order valence-electron chi connectivity index (χ4n) is 2.51. The van der Waals surface area contributed by atoms with E-state index in [0.717, 1.165) is 31.7 Å². The molecule has 0 saturated carbocycles. The van der Waals surface area contributed by atoms with Crippen molar-refractivity contribution in [3.8, 4) is 0 Å². The van der Waals surface area contributed by atoms with E-state index >= 15 is 0 Å². The first-order valence-electron chi connectivity index (χ1n) is 6.85. The lowest BCUT2D eigenvalue weighted by Gasteiger charge is -2.34. The van der Waals surface area contributed by atoms with Crippen molar-refractivity contribution in [2.24, 2.45) is 0 Å². The van der Waals surface area contributed by atoms with Crippen LogP contribution in [-0.2, 0) is 4.74 Å². The van der Waals surface area contributed by atoms with E-state index in [-0.39, 0.29) is 0 Å². The van der Waals surface area contributed by atoms with Gasteiger partial charge in [0.2, 0.25) is 0 Å². The molecule has 1 saturated heterocycles. The van der Waals surface area contributed by atoms with Crippen molar-refractivity contribution < 1.29 is 9.84 Å². The quantitative estimate of drug-likeness (QED) is 0.890. The molecule has 0 aromatic heterocycles. The SMILES string of the molecule is CCOC1CCCN(c2ccc([C@@H](C)O)cc2)C1. The summed E-state index contributed by atoms with van der Waals surface area (Å²) in [5, 5.41) is 9.50. The van der Waals surface area contributed by atoms with Crippen molar-refractivity contribution in [3.05, 3.63) is 29.8 Å². The first kappa shape index (κ1) is 13.4. The normalized spacial score (nSPS) is 21.9. The van der Waals surface area contributed by atoms with Gasteiger partial charge in [-0.05, 0) is 44.4 Å². The highest BCUT2D eigenvalue weighted by Crippen LogP contribution is 2.23. The number of aliphatic hydroxyl groups excluding tert-OH is 1. The summed E-state index contributed by atoms with van der Waals surface area (Å²) >= 11 is 0. The van der Waals surface area contributed by atoms with Crippen molar-refractivity contribution in [2.45, 2.75) is 38.9 Å². The summed E-state index contributed by atoms with van der Waals surface area (Å²) in [5.41, 5.74) is 2.20. The number of anilines is 1. The second-order valence-corrected chi connectivity index (χ2v) is 4.93. The molecule has 0 aliphatic carbocycles. The lowest BCUT2D eigenvalue weighted by Crippen LogP contribution is -2.39. The van der Waals surface area contributed by atoms with Crippen LogP contribution < -0.4 is 4.90 Å². The van der Waals surface area contributed by atoms with E-state index in [1.807, 2.05) is 12.1 Å². The molecule has 3 heteroatoms. The predicted molar refractivity (Wildman–Crippen MR) is 73.9 cm³/mol. The van der Waals surface area contributed by atoms with Crippen molar-refractivity contribution >= 4 is 5.69 Å². The van der Waals surface area contributed by atoms with Gasteiger partial charge in [-0.1, -0.05) is 12.1 Å². The van der Waals surface area contributed by atoms with Crippen molar-refractivity contribution in [1.82, 2.24) is 0 Å². The summed E-state index contributed by atoms with van der Waals surface area (Å²) in [5.74, 6) is 0. The molecule has 1 aliphatic rings. The van der Waals surface area contributed by atoms with Gasteiger partial charge in [-0.3, -0.25) is 0 Å². The molecule has 1 aromatic rings. The van der Waals surface area contributed by atoms with Gasteiger partial charge < -0.3 is 14.7 Å². The van der Waals surface area contributed by atoms with Crippen molar-refractivity contribution in [3.63, 3.8) is 0 Å². The van der Waals surface area contributed by atoms with Crippen molar-refractivity contribution in [1.29, 1.82) is 0 Å². The van der Waals surface area contributed by atoms with Crippen LogP contribution in [0.4, 0.5) is 5.69 Å². The van der Waals surface area contributed by atoms with Gasteiger partial charge in [-0.25, -0.2) is 0 Å². The molecule has 1 N–H and O–H groups in total. The van der Waals surface area contributed by atoms with E-state index in [1.54, 1.807) is 6.92 Å². The van der Waals surface area contributed by atoms with Gasteiger partial charge in [0.1, 0.15) is 0 Å². The van der Waals surface area contributed by atoms with Gasteiger partial charge in [0.05, 0.1) is 12.2 Å². The zero-order valence-corrected chi connectivity index (χ0v) is 11.3. The van der Waals surface area contributed by atoms with Gasteiger partial charge >= 0.3 is 0 Å². The highest BCUT2D eigenvalue weighted by Gasteiger charge is 2.20. The molecule has 3 nitrogen and oxygen atoms in total. The van der Waals surface area contributed by atoms with E-state index in [2.05, 4.69) is 24.0 Å². The van der Waals surface area contributed by atoms with Gasteiger partial charge in [0, 0.05) is 25.4 Å². The molecule has 2 rings (SSSR count). The molecule has 0 bridgehead atoms. The van der Waals surface area contributed by atoms with Crippen LogP contribution in [0.5, 0.6) is 0 Å². The third kappa shape index (κ3) is 3.24. The number of hydrogen-bond donors (Lipinski definition) is 1. The highest BCUT2D eigenvalue weighted by atomic mass is 16.5. The molecule has 1 heterocycles. The van der Waals surface area contributed by atoms with E-state index in [4.69, 9.17) is 4.74 Å². The largest absolute Gasteiger partial charge is 0.389 e. The van der Waals surface area contributed by atoms with Crippen LogP contribution in [-0.4, -0.2) is 30.9 Å². The van der Waals surface area contributed by atoms with Gasteiger partial charge in [-0.15, -0.1) is 0 Å². The molecule has 0 radical (unpaired) electrons.